The number of nitrogens with two attached hydrogens (primary N) is 1. The highest BCUT2D eigenvalue weighted by Crippen LogP contribution is 2.35. The van der Waals surface area contributed by atoms with Crippen LogP contribution in [0.4, 0.5) is 5.69 Å². The Morgan fingerprint density at radius 2 is 1.94 bits per heavy atom. The van der Waals surface area contributed by atoms with Gasteiger partial charge in [0.1, 0.15) is 0 Å². The minimum absolute atomic E-state index is 0.852. The van der Waals surface area contributed by atoms with Gasteiger partial charge in [0.2, 0.25) is 0 Å². The molecular formula is C15H21BrN2. The molecule has 1 aliphatic carbocycles. The van der Waals surface area contributed by atoms with E-state index in [0.717, 1.165) is 28.5 Å². The second-order valence-corrected chi connectivity index (χ2v) is 6.71. The minimum atomic E-state index is 0.852. The molecule has 98 valence electrons. The van der Waals surface area contributed by atoms with E-state index in [9.17, 15) is 0 Å². The van der Waals surface area contributed by atoms with Crippen molar-refractivity contribution in [1.29, 1.82) is 0 Å². The summed E-state index contributed by atoms with van der Waals surface area (Å²) in [5, 5.41) is 0. The van der Waals surface area contributed by atoms with Gasteiger partial charge in [-0.2, -0.15) is 0 Å². The standard InChI is InChI=1S/C15H21BrN2/c16-15-13(5-2-6-14(15)17)10-18-8-11-3-1-4-12(7-11)9-18/h2,5-6,11-12H,1,3-4,7-10,17H2. The first kappa shape index (κ1) is 12.5. The summed E-state index contributed by atoms with van der Waals surface area (Å²) in [5.74, 6) is 1.88. The van der Waals surface area contributed by atoms with Crippen molar-refractivity contribution in [3.05, 3.63) is 28.2 Å². The Morgan fingerprint density at radius 1 is 1.22 bits per heavy atom. The predicted octanol–water partition coefficient (Wildman–Crippen LogP) is 3.65. The third kappa shape index (κ3) is 2.57. The average molecular weight is 309 g/mol. The fourth-order valence-corrected chi connectivity index (χ4v) is 4.02. The number of benzene rings is 1. The van der Waals surface area contributed by atoms with E-state index in [-0.39, 0.29) is 0 Å². The quantitative estimate of drug-likeness (QED) is 0.845. The lowest BCUT2D eigenvalue weighted by Crippen LogP contribution is -2.42. The number of hydrogen-bond donors (Lipinski definition) is 1. The van der Waals surface area contributed by atoms with Crippen LogP contribution < -0.4 is 5.73 Å². The van der Waals surface area contributed by atoms with Gasteiger partial charge in [0.15, 0.2) is 0 Å². The summed E-state index contributed by atoms with van der Waals surface area (Å²) in [6, 6.07) is 6.20. The van der Waals surface area contributed by atoms with Crippen molar-refractivity contribution >= 4 is 21.6 Å². The fourth-order valence-electron chi connectivity index (χ4n) is 3.63. The molecule has 2 bridgehead atoms. The van der Waals surface area contributed by atoms with Crippen LogP contribution in [0.15, 0.2) is 22.7 Å². The minimum Gasteiger partial charge on any atom is -0.398 e. The molecule has 0 aromatic heterocycles. The molecule has 1 aromatic carbocycles. The van der Waals surface area contributed by atoms with Gasteiger partial charge >= 0.3 is 0 Å². The monoisotopic (exact) mass is 308 g/mol. The van der Waals surface area contributed by atoms with Crippen LogP contribution in [-0.4, -0.2) is 18.0 Å². The largest absolute Gasteiger partial charge is 0.398 e. The van der Waals surface area contributed by atoms with Crippen molar-refractivity contribution in [3.63, 3.8) is 0 Å². The Bertz CT molecular complexity index is 421. The molecule has 2 unspecified atom stereocenters. The number of likely N-dealkylation sites (tertiary alicyclic amines) is 1. The Labute approximate surface area is 118 Å². The molecule has 1 saturated carbocycles. The first-order valence-corrected chi connectivity index (χ1v) is 7.77. The zero-order valence-electron chi connectivity index (χ0n) is 10.7. The van der Waals surface area contributed by atoms with Gasteiger partial charge in [0.25, 0.3) is 0 Å². The Hall–Kier alpha value is -0.540. The molecule has 1 aliphatic heterocycles. The van der Waals surface area contributed by atoms with Crippen LogP contribution in [0.1, 0.15) is 31.2 Å². The van der Waals surface area contributed by atoms with Crippen molar-refractivity contribution in [2.75, 3.05) is 18.8 Å². The zero-order chi connectivity index (χ0) is 12.5. The van der Waals surface area contributed by atoms with Crippen molar-refractivity contribution in [2.24, 2.45) is 11.8 Å². The van der Waals surface area contributed by atoms with Crippen LogP contribution in [0, 0.1) is 11.8 Å². The molecule has 0 spiro atoms. The first-order valence-electron chi connectivity index (χ1n) is 6.97. The highest BCUT2D eigenvalue weighted by Gasteiger charge is 2.30. The van der Waals surface area contributed by atoms with Gasteiger partial charge < -0.3 is 5.73 Å². The van der Waals surface area contributed by atoms with Crippen LogP contribution in [0.25, 0.3) is 0 Å². The van der Waals surface area contributed by atoms with Crippen molar-refractivity contribution < 1.29 is 0 Å². The molecule has 0 amide bonds. The molecule has 2 fully saturated rings. The number of nitrogens with zero attached hydrogens (tertiary/aromatic N) is 1. The summed E-state index contributed by atoms with van der Waals surface area (Å²) >= 11 is 3.62. The summed E-state index contributed by atoms with van der Waals surface area (Å²) in [6.45, 7) is 3.59. The van der Waals surface area contributed by atoms with Crippen LogP contribution in [0.2, 0.25) is 0 Å². The lowest BCUT2D eigenvalue weighted by atomic mass is 9.78. The van der Waals surface area contributed by atoms with E-state index in [1.807, 2.05) is 6.07 Å². The van der Waals surface area contributed by atoms with E-state index in [0.29, 0.717) is 0 Å². The van der Waals surface area contributed by atoms with Crippen molar-refractivity contribution in [3.8, 4) is 0 Å². The number of rotatable bonds is 2. The van der Waals surface area contributed by atoms with E-state index >= 15 is 0 Å². The molecule has 18 heavy (non-hydrogen) atoms. The third-order valence-electron chi connectivity index (χ3n) is 4.43. The SMILES string of the molecule is Nc1cccc(CN2CC3CCCC(C3)C2)c1Br. The maximum atomic E-state index is 5.95. The van der Waals surface area contributed by atoms with Gasteiger partial charge in [-0.1, -0.05) is 18.6 Å². The predicted molar refractivity (Wildman–Crippen MR) is 79.3 cm³/mol. The maximum absolute atomic E-state index is 5.95. The van der Waals surface area contributed by atoms with Gasteiger partial charge in [-0.3, -0.25) is 4.90 Å². The lowest BCUT2D eigenvalue weighted by Gasteiger charge is -2.41. The topological polar surface area (TPSA) is 29.3 Å². The maximum Gasteiger partial charge on any atom is 0.0461 e. The highest BCUT2D eigenvalue weighted by molar-refractivity contribution is 9.10. The zero-order valence-corrected chi connectivity index (χ0v) is 12.3. The Morgan fingerprint density at radius 3 is 2.67 bits per heavy atom. The molecule has 2 aliphatic rings. The second-order valence-electron chi connectivity index (χ2n) is 5.91. The molecule has 1 aromatic rings. The molecule has 2 atom stereocenters. The normalized spacial score (nSPS) is 28.3. The Kier molecular flexibility index (Phi) is 3.62. The average Bonchev–Trinajstić information content (AvgIpc) is 2.35. The van der Waals surface area contributed by atoms with Gasteiger partial charge in [0.05, 0.1) is 0 Å². The van der Waals surface area contributed by atoms with Gasteiger partial charge in [0, 0.05) is 29.8 Å². The first-order chi connectivity index (χ1) is 8.72. The Balaban J connectivity index is 1.71. The lowest BCUT2D eigenvalue weighted by molar-refractivity contribution is 0.0807. The summed E-state index contributed by atoms with van der Waals surface area (Å²) < 4.78 is 1.08. The summed E-state index contributed by atoms with van der Waals surface area (Å²) in [4.78, 5) is 2.62. The van der Waals surface area contributed by atoms with Gasteiger partial charge in [-0.15, -0.1) is 0 Å². The number of halogens is 1. The van der Waals surface area contributed by atoms with E-state index in [2.05, 4.69) is 33.0 Å². The molecule has 0 radical (unpaired) electrons. The van der Waals surface area contributed by atoms with Crippen LogP contribution in [0.5, 0.6) is 0 Å². The van der Waals surface area contributed by atoms with Crippen LogP contribution in [0.3, 0.4) is 0 Å². The molecule has 3 heteroatoms. The second kappa shape index (κ2) is 5.22. The third-order valence-corrected chi connectivity index (χ3v) is 5.39. The van der Waals surface area contributed by atoms with E-state index < -0.39 is 0 Å². The smallest absolute Gasteiger partial charge is 0.0461 e. The number of hydrogen-bond acceptors (Lipinski definition) is 2. The van der Waals surface area contributed by atoms with E-state index in [4.69, 9.17) is 5.73 Å². The van der Waals surface area contributed by atoms with Gasteiger partial charge in [-0.05, 0) is 58.7 Å². The van der Waals surface area contributed by atoms with Crippen molar-refractivity contribution in [2.45, 2.75) is 32.2 Å². The molecule has 1 saturated heterocycles. The summed E-state index contributed by atoms with van der Waals surface area (Å²) in [6.07, 6.45) is 5.79. The van der Waals surface area contributed by atoms with Crippen LogP contribution >= 0.6 is 15.9 Å². The number of fused-ring (bicyclic) bond motifs is 2. The van der Waals surface area contributed by atoms with Crippen LogP contribution in [-0.2, 0) is 6.54 Å². The fraction of sp³-hybridized carbons (Fsp3) is 0.600. The van der Waals surface area contributed by atoms with E-state index in [1.165, 1.54) is 44.3 Å². The molecule has 1 heterocycles. The number of nitrogen functional groups attached to an aromatic ring is 1. The van der Waals surface area contributed by atoms with Gasteiger partial charge in [-0.25, -0.2) is 0 Å². The summed E-state index contributed by atoms with van der Waals surface area (Å²) in [7, 11) is 0. The highest BCUT2D eigenvalue weighted by atomic mass is 79.9. The summed E-state index contributed by atoms with van der Waals surface area (Å²) in [5.41, 5.74) is 8.13. The number of piperidine rings is 1. The number of anilines is 1. The van der Waals surface area contributed by atoms with Crippen molar-refractivity contribution in [1.82, 2.24) is 4.90 Å². The molecular weight excluding hydrogens is 288 g/mol. The molecule has 3 rings (SSSR count). The molecule has 2 nitrogen and oxygen atoms in total. The molecule has 2 N–H and O–H groups in total. The van der Waals surface area contributed by atoms with E-state index in [1.54, 1.807) is 0 Å².